The Morgan fingerprint density at radius 3 is 2.75 bits per heavy atom. The molecule has 1 amide bonds. The minimum absolute atomic E-state index is 0.00463. The normalized spacial score (nSPS) is 31.3. The molecule has 1 heterocycles. The zero-order valence-electron chi connectivity index (χ0n) is 6.67. The van der Waals surface area contributed by atoms with Gasteiger partial charge >= 0.3 is 5.97 Å². The zero-order chi connectivity index (χ0) is 8.77. The Bertz CT molecular complexity index is 245. The largest absolute Gasteiger partial charge is 0.481 e. The molecule has 66 valence electrons. The van der Waals surface area contributed by atoms with Crippen LogP contribution in [0.15, 0.2) is 0 Å². The number of carbonyl (C=O) groups excluding carboxylic acids is 1. The second kappa shape index (κ2) is 2.21. The quantitative estimate of drug-likeness (QED) is 0.586. The number of carbonyl (C=O) groups is 2. The zero-order valence-corrected chi connectivity index (χ0v) is 6.67. The number of nitrogens with one attached hydrogen (secondary N) is 1. The highest BCUT2D eigenvalue weighted by Gasteiger charge is 2.55. The van der Waals surface area contributed by atoms with Crippen molar-refractivity contribution in [2.75, 3.05) is 0 Å². The Morgan fingerprint density at radius 2 is 2.25 bits per heavy atom. The summed E-state index contributed by atoms with van der Waals surface area (Å²) in [5.41, 5.74) is -0.360. The second-order valence-corrected chi connectivity index (χ2v) is 3.63. The van der Waals surface area contributed by atoms with Gasteiger partial charge in [0, 0.05) is 6.42 Å². The van der Waals surface area contributed by atoms with Crippen molar-refractivity contribution in [2.24, 2.45) is 5.92 Å². The fourth-order valence-electron chi connectivity index (χ4n) is 1.95. The van der Waals surface area contributed by atoms with Crippen LogP contribution in [0.1, 0.15) is 25.7 Å². The molecule has 12 heavy (non-hydrogen) atoms. The van der Waals surface area contributed by atoms with Crippen molar-refractivity contribution >= 4 is 11.9 Å². The molecule has 4 nitrogen and oxygen atoms in total. The third kappa shape index (κ3) is 0.983. The van der Waals surface area contributed by atoms with E-state index in [0.717, 1.165) is 12.8 Å². The van der Waals surface area contributed by atoms with Gasteiger partial charge in [0.1, 0.15) is 0 Å². The SMILES string of the molecule is O=C1CCC(C(=O)O)C2(CC2)N1. The first-order valence-corrected chi connectivity index (χ1v) is 4.18. The fraction of sp³-hybridized carbons (Fsp3) is 0.750. The van der Waals surface area contributed by atoms with Crippen molar-refractivity contribution < 1.29 is 14.7 Å². The van der Waals surface area contributed by atoms with E-state index in [4.69, 9.17) is 5.11 Å². The van der Waals surface area contributed by atoms with Gasteiger partial charge in [-0.3, -0.25) is 9.59 Å². The summed E-state index contributed by atoms with van der Waals surface area (Å²) in [5.74, 6) is -1.12. The summed E-state index contributed by atoms with van der Waals surface area (Å²) in [5, 5.41) is 11.6. The predicted molar refractivity (Wildman–Crippen MR) is 40.5 cm³/mol. The van der Waals surface area contributed by atoms with E-state index >= 15 is 0 Å². The Balaban J connectivity index is 2.15. The first kappa shape index (κ1) is 7.58. The maximum absolute atomic E-state index is 11.0. The Labute approximate surface area is 69.9 Å². The molecule has 4 heteroatoms. The fourth-order valence-corrected chi connectivity index (χ4v) is 1.95. The molecule has 1 saturated carbocycles. The molecule has 0 aromatic rings. The van der Waals surface area contributed by atoms with Gasteiger partial charge in [0.2, 0.25) is 5.91 Å². The maximum atomic E-state index is 11.0. The summed E-state index contributed by atoms with van der Waals surface area (Å²) >= 11 is 0. The van der Waals surface area contributed by atoms with E-state index in [1.54, 1.807) is 0 Å². The van der Waals surface area contributed by atoms with E-state index < -0.39 is 5.97 Å². The van der Waals surface area contributed by atoms with Gasteiger partial charge in [-0.2, -0.15) is 0 Å². The number of rotatable bonds is 1. The van der Waals surface area contributed by atoms with E-state index in [9.17, 15) is 9.59 Å². The van der Waals surface area contributed by atoms with E-state index in [1.165, 1.54) is 0 Å². The third-order valence-electron chi connectivity index (χ3n) is 2.80. The summed E-state index contributed by atoms with van der Waals surface area (Å²) in [6.45, 7) is 0. The van der Waals surface area contributed by atoms with Gasteiger partial charge in [-0.05, 0) is 19.3 Å². The molecule has 2 aliphatic rings. The third-order valence-corrected chi connectivity index (χ3v) is 2.80. The standard InChI is InChI=1S/C8H11NO3/c10-6-2-1-5(7(11)12)8(9-6)3-4-8/h5H,1-4H2,(H,9,10)(H,11,12). The molecule has 1 atom stereocenters. The van der Waals surface area contributed by atoms with Gasteiger partial charge in [0.25, 0.3) is 0 Å². The van der Waals surface area contributed by atoms with Gasteiger partial charge in [-0.1, -0.05) is 0 Å². The van der Waals surface area contributed by atoms with Gasteiger partial charge in [0.05, 0.1) is 11.5 Å². The molecule has 2 rings (SSSR count). The smallest absolute Gasteiger partial charge is 0.308 e. The van der Waals surface area contributed by atoms with Crippen molar-refractivity contribution in [3.63, 3.8) is 0 Å². The van der Waals surface area contributed by atoms with Gasteiger partial charge < -0.3 is 10.4 Å². The van der Waals surface area contributed by atoms with Crippen LogP contribution in [0.2, 0.25) is 0 Å². The van der Waals surface area contributed by atoms with E-state index in [-0.39, 0.29) is 17.4 Å². The van der Waals surface area contributed by atoms with Crippen molar-refractivity contribution in [3.05, 3.63) is 0 Å². The summed E-state index contributed by atoms with van der Waals surface area (Å²) in [6, 6.07) is 0. The molecule has 2 N–H and O–H groups in total. The number of carboxylic acids is 1. The van der Waals surface area contributed by atoms with Crippen LogP contribution in [0, 0.1) is 5.92 Å². The summed E-state index contributed by atoms with van der Waals surface area (Å²) < 4.78 is 0. The number of hydrogen-bond acceptors (Lipinski definition) is 2. The number of hydrogen-bond donors (Lipinski definition) is 2. The van der Waals surface area contributed by atoms with Crippen LogP contribution in [0.4, 0.5) is 0 Å². The monoisotopic (exact) mass is 169 g/mol. The van der Waals surface area contributed by atoms with Gasteiger partial charge in [0.15, 0.2) is 0 Å². The minimum atomic E-state index is -0.771. The maximum Gasteiger partial charge on any atom is 0.308 e. The van der Waals surface area contributed by atoms with Crippen LogP contribution in [0.5, 0.6) is 0 Å². The lowest BCUT2D eigenvalue weighted by atomic mass is 9.88. The second-order valence-electron chi connectivity index (χ2n) is 3.63. The average Bonchev–Trinajstić information content (AvgIpc) is 2.68. The molecule has 1 aliphatic carbocycles. The molecule has 1 unspecified atom stereocenters. The molecule has 1 spiro atoms. The summed E-state index contributed by atoms with van der Waals surface area (Å²) in [7, 11) is 0. The molecule has 2 fully saturated rings. The van der Waals surface area contributed by atoms with Crippen LogP contribution in [-0.4, -0.2) is 22.5 Å². The molecule has 1 saturated heterocycles. The number of piperidine rings is 1. The van der Waals surface area contributed by atoms with Crippen molar-refractivity contribution in [2.45, 2.75) is 31.2 Å². The lowest BCUT2D eigenvalue weighted by molar-refractivity contribution is -0.145. The van der Waals surface area contributed by atoms with E-state index in [2.05, 4.69) is 5.32 Å². The van der Waals surface area contributed by atoms with Gasteiger partial charge in [-0.15, -0.1) is 0 Å². The first-order valence-electron chi connectivity index (χ1n) is 4.18. The van der Waals surface area contributed by atoms with Crippen LogP contribution < -0.4 is 5.32 Å². The Kier molecular flexibility index (Phi) is 1.40. The van der Waals surface area contributed by atoms with Gasteiger partial charge in [-0.25, -0.2) is 0 Å². The molecule has 1 aliphatic heterocycles. The van der Waals surface area contributed by atoms with E-state index in [1.807, 2.05) is 0 Å². The van der Waals surface area contributed by atoms with Crippen LogP contribution >= 0.6 is 0 Å². The number of aliphatic carboxylic acids is 1. The molecule has 0 aromatic heterocycles. The highest BCUT2D eigenvalue weighted by molar-refractivity contribution is 5.83. The Hall–Kier alpha value is -1.06. The van der Waals surface area contributed by atoms with Crippen molar-refractivity contribution in [1.29, 1.82) is 0 Å². The highest BCUT2D eigenvalue weighted by atomic mass is 16.4. The summed E-state index contributed by atoms with van der Waals surface area (Å²) in [6.07, 6.45) is 2.52. The Morgan fingerprint density at radius 1 is 1.58 bits per heavy atom. The minimum Gasteiger partial charge on any atom is -0.481 e. The topological polar surface area (TPSA) is 66.4 Å². The predicted octanol–water partition coefficient (Wildman–Crippen LogP) is 0.130. The van der Waals surface area contributed by atoms with Crippen LogP contribution in [-0.2, 0) is 9.59 Å². The van der Waals surface area contributed by atoms with E-state index in [0.29, 0.717) is 12.8 Å². The number of carboxylic acid groups (broad SMARTS) is 1. The van der Waals surface area contributed by atoms with Crippen LogP contribution in [0.25, 0.3) is 0 Å². The molecule has 0 radical (unpaired) electrons. The summed E-state index contributed by atoms with van der Waals surface area (Å²) in [4.78, 5) is 21.7. The lowest BCUT2D eigenvalue weighted by Crippen LogP contribution is -2.49. The molecular formula is C8H11NO3. The molecular weight excluding hydrogens is 158 g/mol. The van der Waals surface area contributed by atoms with Crippen molar-refractivity contribution in [1.82, 2.24) is 5.32 Å². The molecule has 0 bridgehead atoms. The average molecular weight is 169 g/mol. The highest BCUT2D eigenvalue weighted by Crippen LogP contribution is 2.46. The van der Waals surface area contributed by atoms with Crippen molar-refractivity contribution in [3.8, 4) is 0 Å². The molecule has 0 aromatic carbocycles. The van der Waals surface area contributed by atoms with Crippen LogP contribution in [0.3, 0.4) is 0 Å². The number of amides is 1. The first-order chi connectivity index (χ1) is 5.64. The lowest BCUT2D eigenvalue weighted by Gasteiger charge is -2.29.